The average molecular weight is 237 g/mol. The van der Waals surface area contributed by atoms with Gasteiger partial charge in [0.25, 0.3) is 0 Å². The zero-order valence-corrected chi connectivity index (χ0v) is 9.88. The number of rotatable bonds is 1. The van der Waals surface area contributed by atoms with E-state index in [9.17, 15) is 4.79 Å². The molecule has 0 aliphatic heterocycles. The number of benzene rings is 2. The number of para-hydroxylation sites is 2. The third kappa shape index (κ3) is 1.70. The summed E-state index contributed by atoms with van der Waals surface area (Å²) in [6.45, 7) is 1.43. The molecular weight excluding hydrogens is 226 g/mol. The molecule has 0 radical (unpaired) electrons. The molecule has 18 heavy (non-hydrogen) atoms. The molecule has 0 aliphatic rings. The molecule has 0 atom stereocenters. The smallest absolute Gasteiger partial charge is 0.242 e. The summed E-state index contributed by atoms with van der Waals surface area (Å²) in [5.41, 5.74) is 2.43. The average Bonchev–Trinajstić information content (AvgIpc) is 2.75. The van der Waals surface area contributed by atoms with Crippen LogP contribution in [0.25, 0.3) is 21.9 Å². The van der Waals surface area contributed by atoms with E-state index in [1.165, 1.54) is 6.92 Å². The fourth-order valence-corrected chi connectivity index (χ4v) is 2.03. The van der Waals surface area contributed by atoms with Crippen molar-refractivity contribution in [1.29, 1.82) is 0 Å². The van der Waals surface area contributed by atoms with Gasteiger partial charge in [-0.1, -0.05) is 30.3 Å². The van der Waals surface area contributed by atoms with E-state index < -0.39 is 0 Å². The third-order valence-electron chi connectivity index (χ3n) is 2.82. The molecule has 3 nitrogen and oxygen atoms in total. The highest BCUT2D eigenvalue weighted by Gasteiger charge is 2.08. The summed E-state index contributed by atoms with van der Waals surface area (Å²) in [4.78, 5) is 14.7. The van der Waals surface area contributed by atoms with Crippen molar-refractivity contribution in [3.8, 4) is 0 Å². The zero-order valence-electron chi connectivity index (χ0n) is 9.88. The van der Waals surface area contributed by atoms with Crippen LogP contribution in [0.2, 0.25) is 0 Å². The minimum Gasteiger partial charge on any atom is -0.455 e. The predicted octanol–water partition coefficient (Wildman–Crippen LogP) is 3.55. The van der Waals surface area contributed by atoms with E-state index in [0.29, 0.717) is 0 Å². The van der Waals surface area contributed by atoms with Gasteiger partial charge in [0, 0.05) is 29.5 Å². The largest absolute Gasteiger partial charge is 0.455 e. The van der Waals surface area contributed by atoms with Crippen molar-refractivity contribution >= 4 is 34.1 Å². The highest BCUT2D eigenvalue weighted by Crippen LogP contribution is 2.29. The third-order valence-corrected chi connectivity index (χ3v) is 2.82. The lowest BCUT2D eigenvalue weighted by atomic mass is 10.1. The minimum atomic E-state index is -0.219. The molecule has 0 N–H and O–H groups in total. The molecule has 1 heterocycles. The minimum absolute atomic E-state index is 0.219. The van der Waals surface area contributed by atoms with Gasteiger partial charge in [-0.05, 0) is 12.1 Å². The van der Waals surface area contributed by atoms with Crippen LogP contribution in [-0.2, 0) is 4.79 Å². The molecule has 0 spiro atoms. The number of fused-ring (bicyclic) bond motifs is 3. The Labute approximate surface area is 104 Å². The maximum Gasteiger partial charge on any atom is 0.242 e. The van der Waals surface area contributed by atoms with Crippen molar-refractivity contribution in [2.24, 2.45) is 4.99 Å². The van der Waals surface area contributed by atoms with Gasteiger partial charge in [0.05, 0.1) is 0 Å². The number of carbonyl (C=O) groups is 1. The number of aliphatic imine (C=N–C) groups is 1. The molecular formula is C15H11NO2. The number of hydrogen-bond acceptors (Lipinski definition) is 2. The summed E-state index contributed by atoms with van der Waals surface area (Å²) >= 11 is 0. The molecule has 88 valence electrons. The SMILES string of the molecule is CC(=O)/N=C/c1cccc2c1oc1ccccc12. The Morgan fingerprint density at radius 1 is 1.11 bits per heavy atom. The molecule has 1 amide bonds. The molecule has 2 aromatic carbocycles. The first kappa shape index (κ1) is 10.7. The topological polar surface area (TPSA) is 42.6 Å². The molecule has 0 saturated carbocycles. The van der Waals surface area contributed by atoms with Gasteiger partial charge < -0.3 is 4.42 Å². The Kier molecular flexibility index (Phi) is 2.45. The van der Waals surface area contributed by atoms with E-state index in [1.54, 1.807) is 6.21 Å². The van der Waals surface area contributed by atoms with Gasteiger partial charge >= 0.3 is 0 Å². The lowest BCUT2D eigenvalue weighted by Crippen LogP contribution is -1.87. The zero-order chi connectivity index (χ0) is 12.5. The Bertz CT molecular complexity index is 768. The first-order valence-corrected chi connectivity index (χ1v) is 5.70. The standard InChI is InChI=1S/C15H11NO2/c1-10(17)16-9-11-5-4-7-13-12-6-2-3-8-14(12)18-15(11)13/h2-9H,1H3/b16-9+. The lowest BCUT2D eigenvalue weighted by Gasteiger charge is -1.93. The molecule has 0 aliphatic carbocycles. The van der Waals surface area contributed by atoms with Crippen molar-refractivity contribution in [2.45, 2.75) is 6.92 Å². The summed E-state index contributed by atoms with van der Waals surface area (Å²) < 4.78 is 5.81. The molecule has 1 aromatic heterocycles. The van der Waals surface area contributed by atoms with E-state index in [2.05, 4.69) is 4.99 Å². The predicted molar refractivity (Wildman–Crippen MR) is 72.0 cm³/mol. The summed E-state index contributed by atoms with van der Waals surface area (Å²) in [5.74, 6) is -0.219. The quantitative estimate of drug-likeness (QED) is 0.607. The second kappa shape index (κ2) is 4.11. The number of amides is 1. The van der Waals surface area contributed by atoms with Gasteiger partial charge in [-0.2, -0.15) is 0 Å². The molecule has 0 unspecified atom stereocenters. The van der Waals surface area contributed by atoms with Gasteiger partial charge in [-0.15, -0.1) is 0 Å². The van der Waals surface area contributed by atoms with E-state index >= 15 is 0 Å². The van der Waals surface area contributed by atoms with Gasteiger partial charge in [-0.25, -0.2) is 4.99 Å². The van der Waals surface area contributed by atoms with Crippen molar-refractivity contribution in [1.82, 2.24) is 0 Å². The van der Waals surface area contributed by atoms with Gasteiger partial charge in [-0.3, -0.25) is 4.79 Å². The first-order valence-electron chi connectivity index (χ1n) is 5.70. The summed E-state index contributed by atoms with van der Waals surface area (Å²) in [6.07, 6.45) is 1.55. The van der Waals surface area contributed by atoms with Crippen molar-refractivity contribution in [3.05, 3.63) is 48.0 Å². The highest BCUT2D eigenvalue weighted by molar-refractivity contribution is 6.10. The Hall–Kier alpha value is -2.42. The number of nitrogens with zero attached hydrogens (tertiary/aromatic N) is 1. The van der Waals surface area contributed by atoms with Crippen LogP contribution in [0.3, 0.4) is 0 Å². The van der Waals surface area contributed by atoms with Crippen LogP contribution in [0.1, 0.15) is 12.5 Å². The first-order chi connectivity index (χ1) is 8.75. The normalized spacial score (nSPS) is 11.6. The molecule has 0 fully saturated rings. The fraction of sp³-hybridized carbons (Fsp3) is 0.0667. The Morgan fingerprint density at radius 3 is 2.72 bits per heavy atom. The summed E-state index contributed by atoms with van der Waals surface area (Å²) in [6, 6.07) is 13.7. The maximum absolute atomic E-state index is 10.9. The molecule has 0 saturated heterocycles. The summed E-state index contributed by atoms with van der Waals surface area (Å²) in [7, 11) is 0. The number of furan rings is 1. The van der Waals surface area contributed by atoms with Gasteiger partial charge in [0.2, 0.25) is 5.91 Å². The van der Waals surface area contributed by atoms with E-state index in [1.807, 2.05) is 42.5 Å². The van der Waals surface area contributed by atoms with E-state index in [-0.39, 0.29) is 5.91 Å². The van der Waals surface area contributed by atoms with Crippen LogP contribution in [0.15, 0.2) is 51.9 Å². The molecule has 3 aromatic rings. The Morgan fingerprint density at radius 2 is 1.89 bits per heavy atom. The highest BCUT2D eigenvalue weighted by atomic mass is 16.3. The van der Waals surface area contributed by atoms with Crippen LogP contribution in [-0.4, -0.2) is 12.1 Å². The fourth-order valence-electron chi connectivity index (χ4n) is 2.03. The number of carbonyl (C=O) groups excluding carboxylic acids is 1. The van der Waals surface area contributed by atoms with Crippen LogP contribution in [0, 0.1) is 0 Å². The second-order valence-corrected chi connectivity index (χ2v) is 4.10. The van der Waals surface area contributed by atoms with Crippen LogP contribution in [0.4, 0.5) is 0 Å². The van der Waals surface area contributed by atoms with Crippen molar-refractivity contribution in [3.63, 3.8) is 0 Å². The number of hydrogen-bond donors (Lipinski definition) is 0. The summed E-state index contributed by atoms with van der Waals surface area (Å²) in [5, 5.41) is 2.11. The Balaban J connectivity index is 2.31. The van der Waals surface area contributed by atoms with Crippen LogP contribution in [0.5, 0.6) is 0 Å². The monoisotopic (exact) mass is 237 g/mol. The van der Waals surface area contributed by atoms with Crippen LogP contribution >= 0.6 is 0 Å². The molecule has 3 heteroatoms. The van der Waals surface area contributed by atoms with Gasteiger partial charge in [0.15, 0.2) is 0 Å². The van der Waals surface area contributed by atoms with E-state index in [0.717, 1.165) is 27.5 Å². The van der Waals surface area contributed by atoms with Crippen LogP contribution < -0.4 is 0 Å². The maximum atomic E-state index is 10.9. The van der Waals surface area contributed by atoms with E-state index in [4.69, 9.17) is 4.42 Å². The second-order valence-electron chi connectivity index (χ2n) is 4.10. The van der Waals surface area contributed by atoms with Crippen molar-refractivity contribution in [2.75, 3.05) is 0 Å². The lowest BCUT2D eigenvalue weighted by molar-refractivity contribution is -0.115. The molecule has 0 bridgehead atoms. The molecule has 3 rings (SSSR count). The van der Waals surface area contributed by atoms with Gasteiger partial charge in [0.1, 0.15) is 11.2 Å². The van der Waals surface area contributed by atoms with Crippen molar-refractivity contribution < 1.29 is 9.21 Å².